The largest absolute Gasteiger partial charge is 0.419 e. The van der Waals surface area contributed by atoms with Crippen molar-refractivity contribution in [1.82, 2.24) is 19.7 Å². The Morgan fingerprint density at radius 3 is 2.57 bits per heavy atom. The summed E-state index contributed by atoms with van der Waals surface area (Å²) in [6, 6.07) is 0. The van der Waals surface area contributed by atoms with E-state index >= 15 is 0 Å². The number of nitrogens with zero attached hydrogens (tertiary/aromatic N) is 4. The van der Waals surface area contributed by atoms with Crippen molar-refractivity contribution >= 4 is 5.82 Å². The zero-order valence-electron chi connectivity index (χ0n) is 11.1. The van der Waals surface area contributed by atoms with Gasteiger partial charge >= 0.3 is 6.18 Å². The Balaban J connectivity index is 2.08. The van der Waals surface area contributed by atoms with Crippen molar-refractivity contribution < 1.29 is 13.2 Å². The maximum absolute atomic E-state index is 12.7. The molecule has 112 valence electrons. The lowest BCUT2D eigenvalue weighted by molar-refractivity contribution is -0.137. The van der Waals surface area contributed by atoms with Crippen LogP contribution in [0.1, 0.15) is 35.7 Å². The van der Waals surface area contributed by atoms with Crippen molar-refractivity contribution in [2.75, 3.05) is 5.43 Å². The monoisotopic (exact) mass is 298 g/mol. The molecule has 6 nitrogen and oxygen atoms in total. The maximum atomic E-state index is 12.7. The number of nitrogens with two attached hydrogens (primary N) is 1. The van der Waals surface area contributed by atoms with Gasteiger partial charge in [0, 0.05) is 17.7 Å². The number of hydrazine groups is 1. The van der Waals surface area contributed by atoms with Gasteiger partial charge in [0.1, 0.15) is 11.6 Å². The highest BCUT2D eigenvalue weighted by Gasteiger charge is 2.33. The summed E-state index contributed by atoms with van der Waals surface area (Å²) in [5.41, 5.74) is 2.17. The molecule has 0 saturated heterocycles. The predicted octanol–water partition coefficient (Wildman–Crippen LogP) is 2.15. The van der Waals surface area contributed by atoms with Crippen molar-refractivity contribution in [3.63, 3.8) is 0 Å². The van der Waals surface area contributed by atoms with Crippen molar-refractivity contribution in [3.05, 3.63) is 29.3 Å². The molecule has 2 aromatic rings. The molecule has 1 aliphatic rings. The van der Waals surface area contributed by atoms with Crippen LogP contribution < -0.4 is 11.3 Å². The van der Waals surface area contributed by atoms with E-state index in [1.807, 2.05) is 0 Å². The molecule has 0 aliphatic heterocycles. The summed E-state index contributed by atoms with van der Waals surface area (Å²) in [5, 5.41) is 3.75. The molecule has 0 spiro atoms. The third-order valence-electron chi connectivity index (χ3n) is 3.34. The van der Waals surface area contributed by atoms with Gasteiger partial charge in [0.05, 0.1) is 11.8 Å². The minimum absolute atomic E-state index is 0.245. The van der Waals surface area contributed by atoms with Gasteiger partial charge in [0.15, 0.2) is 5.82 Å². The lowest BCUT2D eigenvalue weighted by Gasteiger charge is -2.11. The van der Waals surface area contributed by atoms with Crippen molar-refractivity contribution in [2.45, 2.75) is 31.9 Å². The van der Waals surface area contributed by atoms with Crippen LogP contribution in [0.15, 0.2) is 12.4 Å². The normalized spacial score (nSPS) is 15.3. The first-order valence-corrected chi connectivity index (χ1v) is 6.37. The summed E-state index contributed by atoms with van der Waals surface area (Å²) in [4.78, 5) is 8.62. The van der Waals surface area contributed by atoms with Gasteiger partial charge < -0.3 is 5.43 Å². The van der Waals surface area contributed by atoms with Crippen LogP contribution in [0.3, 0.4) is 0 Å². The predicted molar refractivity (Wildman–Crippen MR) is 68.7 cm³/mol. The van der Waals surface area contributed by atoms with Gasteiger partial charge in [-0.25, -0.2) is 20.5 Å². The lowest BCUT2D eigenvalue weighted by Crippen LogP contribution is -2.15. The van der Waals surface area contributed by atoms with Crippen molar-refractivity contribution in [3.8, 4) is 5.82 Å². The highest BCUT2D eigenvalue weighted by Crippen LogP contribution is 2.39. The van der Waals surface area contributed by atoms with Gasteiger partial charge in [-0.15, -0.1) is 0 Å². The number of alkyl halides is 3. The van der Waals surface area contributed by atoms with E-state index in [1.165, 1.54) is 0 Å². The Bertz CT molecular complexity index is 674. The Kier molecular flexibility index (Phi) is 3.08. The van der Waals surface area contributed by atoms with Crippen LogP contribution in [0.4, 0.5) is 19.0 Å². The number of hydrogen-bond acceptors (Lipinski definition) is 5. The van der Waals surface area contributed by atoms with Crippen molar-refractivity contribution in [1.29, 1.82) is 0 Å². The van der Waals surface area contributed by atoms with Gasteiger partial charge in [-0.05, 0) is 19.8 Å². The molecule has 0 atom stereocenters. The number of nitrogen functional groups attached to an aromatic ring is 1. The second kappa shape index (κ2) is 4.69. The third kappa shape index (κ3) is 2.56. The second-order valence-corrected chi connectivity index (χ2v) is 4.97. The highest BCUT2D eigenvalue weighted by molar-refractivity contribution is 5.51. The zero-order chi connectivity index (χ0) is 15.2. The summed E-state index contributed by atoms with van der Waals surface area (Å²) in [5.74, 6) is 6.93. The van der Waals surface area contributed by atoms with Crippen molar-refractivity contribution in [2.24, 2.45) is 5.84 Å². The Hall–Kier alpha value is -2.16. The molecule has 3 N–H and O–H groups in total. The van der Waals surface area contributed by atoms with Crippen LogP contribution in [0.25, 0.3) is 5.82 Å². The molecule has 0 amide bonds. The molecule has 0 radical (unpaired) electrons. The highest BCUT2D eigenvalue weighted by atomic mass is 19.4. The number of hydrogen-bond donors (Lipinski definition) is 2. The van der Waals surface area contributed by atoms with Gasteiger partial charge in [0.2, 0.25) is 0 Å². The minimum Gasteiger partial charge on any atom is -0.308 e. The van der Waals surface area contributed by atoms with Gasteiger partial charge in [-0.3, -0.25) is 0 Å². The molecule has 3 rings (SSSR count). The number of nitrogens with one attached hydrogen (secondary N) is 1. The van der Waals surface area contributed by atoms with Gasteiger partial charge in [0.25, 0.3) is 0 Å². The van der Waals surface area contributed by atoms with E-state index in [2.05, 4.69) is 20.5 Å². The molecule has 0 bridgehead atoms. The Morgan fingerprint density at radius 1 is 1.33 bits per heavy atom. The summed E-state index contributed by atoms with van der Waals surface area (Å²) in [6.07, 6.45) is -0.813. The zero-order valence-corrected chi connectivity index (χ0v) is 11.1. The van der Waals surface area contributed by atoms with E-state index < -0.39 is 11.7 Å². The molecule has 2 heterocycles. The standard InChI is InChI=1S/C12H13F3N6/c1-6-9(20-16)18-10(7-2-3-7)19-11(6)21-5-8(4-17-21)12(13,14)15/h4-5,7H,2-3,16H2,1H3,(H,18,19,20). The first-order valence-electron chi connectivity index (χ1n) is 6.37. The summed E-state index contributed by atoms with van der Waals surface area (Å²) in [7, 11) is 0. The molecule has 1 aliphatic carbocycles. The summed E-state index contributed by atoms with van der Waals surface area (Å²) >= 11 is 0. The number of halogens is 3. The Morgan fingerprint density at radius 2 is 2.05 bits per heavy atom. The quantitative estimate of drug-likeness (QED) is 0.670. The molecule has 0 aromatic carbocycles. The van der Waals surface area contributed by atoms with E-state index in [1.54, 1.807) is 6.92 Å². The van der Waals surface area contributed by atoms with E-state index in [-0.39, 0.29) is 5.92 Å². The van der Waals surface area contributed by atoms with Gasteiger partial charge in [-0.2, -0.15) is 18.3 Å². The fraction of sp³-hybridized carbons (Fsp3) is 0.417. The van der Waals surface area contributed by atoms with Crippen LogP contribution in [-0.4, -0.2) is 19.7 Å². The molecular weight excluding hydrogens is 285 g/mol. The molecule has 9 heteroatoms. The fourth-order valence-electron chi connectivity index (χ4n) is 1.99. The molecule has 0 unspecified atom stereocenters. The molecule has 2 aromatic heterocycles. The van der Waals surface area contributed by atoms with Crippen LogP contribution in [0.2, 0.25) is 0 Å². The third-order valence-corrected chi connectivity index (χ3v) is 3.34. The van der Waals surface area contributed by atoms with E-state index in [4.69, 9.17) is 5.84 Å². The van der Waals surface area contributed by atoms with E-state index in [0.717, 1.165) is 29.9 Å². The van der Waals surface area contributed by atoms with Crippen LogP contribution >= 0.6 is 0 Å². The molecular formula is C12H13F3N6. The first-order chi connectivity index (χ1) is 9.90. The van der Waals surface area contributed by atoms with Crippen LogP contribution in [0.5, 0.6) is 0 Å². The van der Waals surface area contributed by atoms with E-state index in [0.29, 0.717) is 23.0 Å². The molecule has 1 fully saturated rings. The first kappa shape index (κ1) is 13.8. The van der Waals surface area contributed by atoms with Gasteiger partial charge in [-0.1, -0.05) is 0 Å². The van der Waals surface area contributed by atoms with E-state index in [9.17, 15) is 13.2 Å². The molecule has 1 saturated carbocycles. The van der Waals surface area contributed by atoms with Crippen LogP contribution in [0, 0.1) is 6.92 Å². The number of anilines is 1. The SMILES string of the molecule is Cc1c(NN)nc(C2CC2)nc1-n1cc(C(F)(F)F)cn1. The molecule has 21 heavy (non-hydrogen) atoms. The Labute approximate surface area is 118 Å². The fourth-order valence-corrected chi connectivity index (χ4v) is 1.99. The summed E-state index contributed by atoms with van der Waals surface area (Å²) in [6.45, 7) is 1.68. The lowest BCUT2D eigenvalue weighted by atomic mass is 10.3. The average Bonchev–Trinajstić information content (AvgIpc) is 3.14. The topological polar surface area (TPSA) is 81.6 Å². The number of rotatable bonds is 3. The maximum Gasteiger partial charge on any atom is 0.419 e. The number of aromatic nitrogens is 4. The smallest absolute Gasteiger partial charge is 0.308 e. The minimum atomic E-state index is -4.44. The van der Waals surface area contributed by atoms with Crippen LogP contribution in [-0.2, 0) is 6.18 Å². The average molecular weight is 298 g/mol. The second-order valence-electron chi connectivity index (χ2n) is 4.97. The summed E-state index contributed by atoms with van der Waals surface area (Å²) < 4.78 is 39.1.